The van der Waals surface area contributed by atoms with Crippen LogP contribution in [0.1, 0.15) is 59.8 Å². The second-order valence-corrected chi connectivity index (χ2v) is 6.04. The standard InChI is InChI=1S/C15H32N2/c1-6-16-13(3)11-14(4)17(5)15-10-8-7-9-12(15)2/h12-16H,6-11H2,1-5H3. The summed E-state index contributed by atoms with van der Waals surface area (Å²) in [7, 11) is 2.33. The molecule has 1 fully saturated rings. The molecule has 2 nitrogen and oxygen atoms in total. The van der Waals surface area contributed by atoms with Gasteiger partial charge in [0.05, 0.1) is 0 Å². The van der Waals surface area contributed by atoms with Gasteiger partial charge >= 0.3 is 0 Å². The molecule has 0 aromatic heterocycles. The first kappa shape index (κ1) is 15.0. The van der Waals surface area contributed by atoms with E-state index < -0.39 is 0 Å². The topological polar surface area (TPSA) is 15.3 Å². The molecule has 102 valence electrons. The SMILES string of the molecule is CCNC(C)CC(C)N(C)C1CCCCC1C. The molecule has 1 saturated carbocycles. The van der Waals surface area contributed by atoms with Gasteiger partial charge in [-0.1, -0.05) is 26.7 Å². The van der Waals surface area contributed by atoms with Gasteiger partial charge in [0.15, 0.2) is 0 Å². The Morgan fingerprint density at radius 2 is 1.88 bits per heavy atom. The lowest BCUT2D eigenvalue weighted by Gasteiger charge is -2.40. The molecule has 1 N–H and O–H groups in total. The maximum atomic E-state index is 3.52. The lowest BCUT2D eigenvalue weighted by Crippen LogP contribution is -2.46. The van der Waals surface area contributed by atoms with Crippen molar-refractivity contribution in [3.05, 3.63) is 0 Å². The highest BCUT2D eigenvalue weighted by atomic mass is 15.2. The predicted molar refractivity (Wildman–Crippen MR) is 76.4 cm³/mol. The Bertz CT molecular complexity index is 205. The van der Waals surface area contributed by atoms with E-state index >= 15 is 0 Å². The van der Waals surface area contributed by atoms with Crippen molar-refractivity contribution >= 4 is 0 Å². The second kappa shape index (κ2) is 7.38. The van der Waals surface area contributed by atoms with Crippen LogP contribution < -0.4 is 5.32 Å². The van der Waals surface area contributed by atoms with E-state index in [2.05, 4.69) is 45.0 Å². The van der Waals surface area contributed by atoms with E-state index in [1.807, 2.05) is 0 Å². The van der Waals surface area contributed by atoms with E-state index in [1.54, 1.807) is 0 Å². The van der Waals surface area contributed by atoms with E-state index in [1.165, 1.54) is 32.1 Å². The van der Waals surface area contributed by atoms with Crippen LogP contribution in [0, 0.1) is 5.92 Å². The van der Waals surface area contributed by atoms with Gasteiger partial charge in [-0.25, -0.2) is 0 Å². The van der Waals surface area contributed by atoms with Crippen LogP contribution in [0.5, 0.6) is 0 Å². The molecular formula is C15H32N2. The van der Waals surface area contributed by atoms with E-state index in [0.717, 1.165) is 18.5 Å². The summed E-state index contributed by atoms with van der Waals surface area (Å²) in [5.74, 6) is 0.880. The van der Waals surface area contributed by atoms with Gasteiger partial charge in [0.25, 0.3) is 0 Å². The van der Waals surface area contributed by atoms with Crippen molar-refractivity contribution in [1.29, 1.82) is 0 Å². The first-order valence-corrected chi connectivity index (χ1v) is 7.51. The maximum absolute atomic E-state index is 3.52. The minimum absolute atomic E-state index is 0.636. The average Bonchev–Trinajstić information content (AvgIpc) is 2.29. The third kappa shape index (κ3) is 4.59. The van der Waals surface area contributed by atoms with Crippen molar-refractivity contribution in [2.45, 2.75) is 77.9 Å². The Morgan fingerprint density at radius 3 is 2.47 bits per heavy atom. The molecule has 1 aliphatic rings. The quantitative estimate of drug-likeness (QED) is 0.766. The summed E-state index contributed by atoms with van der Waals surface area (Å²) in [5, 5.41) is 3.52. The van der Waals surface area contributed by atoms with Crippen LogP contribution in [0.4, 0.5) is 0 Å². The summed E-state index contributed by atoms with van der Waals surface area (Å²) in [6, 6.07) is 2.14. The summed E-state index contributed by atoms with van der Waals surface area (Å²) >= 11 is 0. The van der Waals surface area contributed by atoms with Crippen LogP contribution in [0.15, 0.2) is 0 Å². The smallest absolute Gasteiger partial charge is 0.0121 e. The van der Waals surface area contributed by atoms with Crippen LogP contribution in [-0.2, 0) is 0 Å². The van der Waals surface area contributed by atoms with Crippen LogP contribution in [-0.4, -0.2) is 36.6 Å². The predicted octanol–water partition coefficient (Wildman–Crippen LogP) is 3.27. The number of rotatable bonds is 6. The first-order chi connectivity index (χ1) is 8.06. The largest absolute Gasteiger partial charge is 0.314 e. The van der Waals surface area contributed by atoms with Gasteiger partial charge in [-0.05, 0) is 52.6 Å². The van der Waals surface area contributed by atoms with Gasteiger partial charge in [-0.3, -0.25) is 0 Å². The Balaban J connectivity index is 2.41. The fraction of sp³-hybridized carbons (Fsp3) is 1.00. The highest BCUT2D eigenvalue weighted by molar-refractivity contribution is 4.83. The third-order valence-electron chi connectivity index (χ3n) is 4.53. The molecule has 0 bridgehead atoms. The lowest BCUT2D eigenvalue weighted by molar-refractivity contribution is 0.0953. The van der Waals surface area contributed by atoms with Crippen molar-refractivity contribution < 1.29 is 0 Å². The Kier molecular flexibility index (Phi) is 6.50. The van der Waals surface area contributed by atoms with Crippen molar-refractivity contribution in [2.75, 3.05) is 13.6 Å². The molecule has 2 heteroatoms. The number of nitrogens with zero attached hydrogens (tertiary/aromatic N) is 1. The van der Waals surface area contributed by atoms with E-state index in [9.17, 15) is 0 Å². The lowest BCUT2D eigenvalue weighted by atomic mass is 9.84. The number of hydrogen-bond donors (Lipinski definition) is 1. The minimum Gasteiger partial charge on any atom is -0.314 e. The van der Waals surface area contributed by atoms with Gasteiger partial charge in [0, 0.05) is 18.1 Å². The first-order valence-electron chi connectivity index (χ1n) is 7.51. The normalized spacial score (nSPS) is 29.3. The molecule has 1 rings (SSSR count). The van der Waals surface area contributed by atoms with Crippen molar-refractivity contribution in [2.24, 2.45) is 5.92 Å². The molecule has 0 aliphatic heterocycles. The van der Waals surface area contributed by atoms with E-state index in [-0.39, 0.29) is 0 Å². The summed E-state index contributed by atoms with van der Waals surface area (Å²) in [4.78, 5) is 2.64. The fourth-order valence-corrected chi connectivity index (χ4v) is 3.34. The zero-order valence-electron chi connectivity index (χ0n) is 12.5. The summed E-state index contributed by atoms with van der Waals surface area (Å²) < 4.78 is 0. The molecule has 0 spiro atoms. The van der Waals surface area contributed by atoms with Crippen molar-refractivity contribution in [1.82, 2.24) is 10.2 Å². The van der Waals surface area contributed by atoms with Crippen LogP contribution in [0.25, 0.3) is 0 Å². The van der Waals surface area contributed by atoms with Crippen molar-refractivity contribution in [3.63, 3.8) is 0 Å². The molecule has 0 aromatic carbocycles. The molecule has 0 heterocycles. The van der Waals surface area contributed by atoms with E-state index in [4.69, 9.17) is 0 Å². The van der Waals surface area contributed by atoms with Crippen LogP contribution >= 0.6 is 0 Å². The highest BCUT2D eigenvalue weighted by Crippen LogP contribution is 2.28. The number of nitrogens with one attached hydrogen (secondary N) is 1. The number of hydrogen-bond acceptors (Lipinski definition) is 2. The third-order valence-corrected chi connectivity index (χ3v) is 4.53. The highest BCUT2D eigenvalue weighted by Gasteiger charge is 2.27. The summed E-state index contributed by atoms with van der Waals surface area (Å²) in [5.41, 5.74) is 0. The molecular weight excluding hydrogens is 208 g/mol. The van der Waals surface area contributed by atoms with Crippen LogP contribution in [0.2, 0.25) is 0 Å². The molecule has 0 radical (unpaired) electrons. The average molecular weight is 240 g/mol. The Morgan fingerprint density at radius 1 is 1.24 bits per heavy atom. The van der Waals surface area contributed by atoms with Gasteiger partial charge < -0.3 is 10.2 Å². The molecule has 1 aliphatic carbocycles. The monoisotopic (exact) mass is 240 g/mol. The van der Waals surface area contributed by atoms with Gasteiger partial charge in [-0.15, -0.1) is 0 Å². The van der Waals surface area contributed by atoms with E-state index in [0.29, 0.717) is 12.1 Å². The summed E-state index contributed by atoms with van der Waals surface area (Å²) in [6.45, 7) is 10.4. The van der Waals surface area contributed by atoms with Crippen LogP contribution in [0.3, 0.4) is 0 Å². The van der Waals surface area contributed by atoms with Gasteiger partial charge in [0.1, 0.15) is 0 Å². The van der Waals surface area contributed by atoms with Gasteiger partial charge in [-0.2, -0.15) is 0 Å². The molecule has 0 amide bonds. The molecule has 4 unspecified atom stereocenters. The zero-order chi connectivity index (χ0) is 12.8. The second-order valence-electron chi connectivity index (χ2n) is 6.04. The van der Waals surface area contributed by atoms with Crippen molar-refractivity contribution in [3.8, 4) is 0 Å². The Hall–Kier alpha value is -0.0800. The maximum Gasteiger partial charge on any atom is 0.0121 e. The zero-order valence-corrected chi connectivity index (χ0v) is 12.5. The molecule has 17 heavy (non-hydrogen) atoms. The molecule has 4 atom stereocenters. The van der Waals surface area contributed by atoms with Gasteiger partial charge in [0.2, 0.25) is 0 Å². The minimum atomic E-state index is 0.636. The Labute approximate surface area is 108 Å². The molecule has 0 saturated heterocycles. The molecule has 0 aromatic rings. The fourth-order valence-electron chi connectivity index (χ4n) is 3.34. The summed E-state index contributed by atoms with van der Waals surface area (Å²) in [6.07, 6.45) is 6.94.